The van der Waals surface area contributed by atoms with Crippen LogP contribution < -0.4 is 10.5 Å². The number of ether oxygens (including phenoxy) is 1. The molecule has 0 aliphatic rings. The molecule has 0 aliphatic carbocycles. The number of nitrogens with two attached hydrogens (primary N) is 1. The Morgan fingerprint density at radius 2 is 1.27 bits per heavy atom. The fraction of sp³-hybridized carbons (Fsp3) is 0.0417. The lowest BCUT2D eigenvalue weighted by atomic mass is 10.1. The summed E-state index contributed by atoms with van der Waals surface area (Å²) in [4.78, 5) is 9.43. The molecule has 0 spiro atoms. The molecule has 0 bridgehead atoms. The van der Waals surface area contributed by atoms with E-state index in [1.54, 1.807) is 0 Å². The highest BCUT2D eigenvalue weighted by Crippen LogP contribution is 2.46. The minimum Gasteiger partial charge on any atom is -0.505 e. The molecule has 236 valence electrons. The lowest BCUT2D eigenvalue weighted by Crippen LogP contribution is -2.02. The van der Waals surface area contributed by atoms with Gasteiger partial charge in [-0.2, -0.15) is 25.3 Å². The number of carboxylic acid groups (broad SMARTS) is 1. The molecule has 0 saturated carbocycles. The molecule has 0 aliphatic heterocycles. The zero-order chi connectivity index (χ0) is 33.5. The molecule has 4 rings (SSSR count). The highest BCUT2D eigenvalue weighted by Gasteiger charge is 2.25. The second-order valence-corrected chi connectivity index (χ2v) is 13.0. The van der Waals surface area contributed by atoms with Crippen LogP contribution >= 0.6 is 0 Å². The Hall–Kier alpha value is -5.06. The van der Waals surface area contributed by atoms with Gasteiger partial charge < -0.3 is 20.7 Å². The van der Waals surface area contributed by atoms with Gasteiger partial charge in [0.05, 0.1) is 28.2 Å². The average molecular weight is 682 g/mol. The number of phenols is 1. The summed E-state index contributed by atoms with van der Waals surface area (Å²) < 4.78 is 104. The molecule has 7 N–H and O–H groups in total. The van der Waals surface area contributed by atoms with Gasteiger partial charge in [-0.05, 0) is 48.5 Å². The third-order valence-electron chi connectivity index (χ3n) is 5.98. The van der Waals surface area contributed by atoms with Gasteiger partial charge in [0.1, 0.15) is 33.4 Å². The predicted molar refractivity (Wildman–Crippen MR) is 154 cm³/mol. The molecule has 45 heavy (non-hydrogen) atoms. The number of nitrogen functional groups attached to an aromatic ring is 1. The first-order valence-electron chi connectivity index (χ1n) is 11.7. The van der Waals surface area contributed by atoms with Crippen molar-refractivity contribution in [2.75, 3.05) is 12.8 Å². The first kappa shape index (κ1) is 32.8. The Bertz CT molecular complexity index is 2290. The van der Waals surface area contributed by atoms with Crippen LogP contribution in [-0.4, -0.2) is 62.2 Å². The van der Waals surface area contributed by atoms with E-state index in [-0.39, 0.29) is 33.6 Å². The summed E-state index contributed by atoms with van der Waals surface area (Å²) in [5.41, 5.74) is 3.50. The minimum absolute atomic E-state index is 0.145. The zero-order valence-corrected chi connectivity index (χ0v) is 24.7. The number of methoxy groups -OCH3 is 1. The van der Waals surface area contributed by atoms with Crippen LogP contribution in [0.4, 0.5) is 28.4 Å². The number of fused-ring (bicyclic) bond motifs is 1. The third kappa shape index (κ3) is 6.87. The van der Waals surface area contributed by atoms with Crippen molar-refractivity contribution in [3.63, 3.8) is 0 Å². The molecular formula is C24H19N5O13S3. The molecule has 18 nitrogen and oxygen atoms in total. The summed E-state index contributed by atoms with van der Waals surface area (Å²) >= 11 is 0. The van der Waals surface area contributed by atoms with Gasteiger partial charge in [0, 0.05) is 16.8 Å². The Morgan fingerprint density at radius 1 is 0.711 bits per heavy atom. The Kier molecular flexibility index (Phi) is 8.61. The summed E-state index contributed by atoms with van der Waals surface area (Å²) in [6.45, 7) is 0. The van der Waals surface area contributed by atoms with Gasteiger partial charge in [-0.1, -0.05) is 0 Å². The standard InChI is InChI=1S/C24H19N5O13S3/c1-42-19-9-12(44(36,37)38)3-7-18(19)27-29-22-20(45(39,40)41)10-14-13(23(22)30)4-5-16(25)21(14)28-26-17-6-2-11(43(33,34)35)8-15(17)24(31)32/h2-10,30H,25H2,1H3,(H,31,32)(H,33,34,35)(H,36,37,38)(H,39,40,41)/b28-26+,29-27?. The van der Waals surface area contributed by atoms with E-state index >= 15 is 0 Å². The number of carbonyl (C=O) groups is 1. The fourth-order valence-electron chi connectivity index (χ4n) is 3.87. The van der Waals surface area contributed by atoms with Crippen molar-refractivity contribution in [1.82, 2.24) is 0 Å². The summed E-state index contributed by atoms with van der Waals surface area (Å²) in [7, 11) is -13.4. The topological polar surface area (TPSA) is 305 Å². The number of phenolic OH excluding ortho intramolecular Hbond substituents is 1. The van der Waals surface area contributed by atoms with E-state index in [0.29, 0.717) is 6.07 Å². The molecule has 0 fully saturated rings. The highest BCUT2D eigenvalue weighted by atomic mass is 32.2. The number of nitrogens with zero attached hydrogens (tertiary/aromatic N) is 4. The van der Waals surface area contributed by atoms with Gasteiger partial charge in [0.2, 0.25) is 0 Å². The predicted octanol–water partition coefficient (Wildman–Crippen LogP) is 4.41. The summed E-state index contributed by atoms with van der Waals surface area (Å²) in [5.74, 6) is -2.70. The summed E-state index contributed by atoms with van der Waals surface area (Å²) in [6, 6.07) is 8.59. The molecule has 0 heterocycles. The number of anilines is 1. The van der Waals surface area contributed by atoms with Crippen molar-refractivity contribution < 1.29 is 58.7 Å². The van der Waals surface area contributed by atoms with Crippen LogP contribution in [0.15, 0.2) is 89.7 Å². The maximum absolute atomic E-state index is 12.4. The maximum Gasteiger partial charge on any atom is 0.338 e. The van der Waals surface area contributed by atoms with Crippen molar-refractivity contribution in [1.29, 1.82) is 0 Å². The number of hydrogen-bond acceptors (Lipinski definition) is 14. The SMILES string of the molecule is COc1cc(S(=O)(=O)O)ccc1N=Nc1c(S(=O)(=O)O)cc2c(/N=N/c3ccc(S(=O)(=O)O)cc3C(=O)O)c(N)ccc2c1O. The molecule has 0 amide bonds. The van der Waals surface area contributed by atoms with E-state index in [4.69, 9.17) is 10.5 Å². The highest BCUT2D eigenvalue weighted by molar-refractivity contribution is 7.86. The largest absolute Gasteiger partial charge is 0.505 e. The maximum atomic E-state index is 12.4. The fourth-order valence-corrected chi connectivity index (χ4v) is 5.52. The van der Waals surface area contributed by atoms with E-state index in [9.17, 15) is 53.9 Å². The molecule has 4 aromatic carbocycles. The molecule has 0 aromatic heterocycles. The van der Waals surface area contributed by atoms with Gasteiger partial charge in [-0.25, -0.2) is 4.79 Å². The van der Waals surface area contributed by atoms with E-state index in [2.05, 4.69) is 20.5 Å². The molecule has 0 saturated heterocycles. The molecule has 0 unspecified atom stereocenters. The van der Waals surface area contributed by atoms with Gasteiger partial charge in [0.15, 0.2) is 5.75 Å². The molecule has 21 heteroatoms. The number of rotatable bonds is 9. The van der Waals surface area contributed by atoms with Crippen LogP contribution in [0.2, 0.25) is 0 Å². The van der Waals surface area contributed by atoms with E-state index in [1.807, 2.05) is 0 Å². The van der Waals surface area contributed by atoms with Crippen LogP contribution in [0.5, 0.6) is 11.5 Å². The average Bonchev–Trinajstić information content (AvgIpc) is 2.94. The van der Waals surface area contributed by atoms with Gasteiger partial charge in [0.25, 0.3) is 30.4 Å². The molecular weight excluding hydrogens is 662 g/mol. The second-order valence-electron chi connectivity index (χ2n) is 8.81. The minimum atomic E-state index is -5.16. The monoisotopic (exact) mass is 681 g/mol. The van der Waals surface area contributed by atoms with Crippen LogP contribution in [0, 0.1) is 0 Å². The smallest absolute Gasteiger partial charge is 0.338 e. The molecule has 0 atom stereocenters. The number of aromatic hydroxyl groups is 1. The van der Waals surface area contributed by atoms with Crippen molar-refractivity contribution >= 4 is 75.5 Å². The number of azo groups is 2. The van der Waals surface area contributed by atoms with Gasteiger partial charge in [-0.3, -0.25) is 13.7 Å². The van der Waals surface area contributed by atoms with E-state index < -0.39 is 73.7 Å². The van der Waals surface area contributed by atoms with Crippen molar-refractivity contribution in [2.24, 2.45) is 20.5 Å². The van der Waals surface area contributed by atoms with Crippen LogP contribution in [-0.2, 0) is 30.4 Å². The van der Waals surface area contributed by atoms with Crippen molar-refractivity contribution in [3.8, 4) is 11.5 Å². The first-order valence-corrected chi connectivity index (χ1v) is 16.0. The molecule has 4 aromatic rings. The first-order chi connectivity index (χ1) is 20.8. The van der Waals surface area contributed by atoms with Crippen LogP contribution in [0.1, 0.15) is 10.4 Å². The normalized spacial score (nSPS) is 12.7. The Morgan fingerprint density at radius 3 is 1.82 bits per heavy atom. The van der Waals surface area contributed by atoms with E-state index in [1.165, 1.54) is 12.1 Å². The van der Waals surface area contributed by atoms with Crippen molar-refractivity contribution in [3.05, 3.63) is 60.2 Å². The Balaban J connectivity index is 1.91. The van der Waals surface area contributed by atoms with E-state index in [0.717, 1.165) is 43.5 Å². The number of hydrogen-bond donors (Lipinski definition) is 6. The quantitative estimate of drug-likeness (QED) is 0.0810. The van der Waals surface area contributed by atoms with Gasteiger partial charge >= 0.3 is 5.97 Å². The van der Waals surface area contributed by atoms with Crippen molar-refractivity contribution in [2.45, 2.75) is 14.7 Å². The van der Waals surface area contributed by atoms with Crippen LogP contribution in [0.3, 0.4) is 0 Å². The second kappa shape index (κ2) is 11.8. The summed E-state index contributed by atoms with van der Waals surface area (Å²) in [5, 5.41) is 35.3. The molecule has 0 radical (unpaired) electrons. The number of carboxylic acids is 1. The Labute approximate surface area is 253 Å². The number of benzene rings is 4. The van der Waals surface area contributed by atoms with Crippen LogP contribution in [0.25, 0.3) is 10.8 Å². The van der Waals surface area contributed by atoms with Gasteiger partial charge in [-0.15, -0.1) is 20.5 Å². The zero-order valence-electron chi connectivity index (χ0n) is 22.3. The lowest BCUT2D eigenvalue weighted by Gasteiger charge is -2.12. The summed E-state index contributed by atoms with van der Waals surface area (Å²) in [6.07, 6.45) is 0. The number of aromatic carboxylic acids is 1. The third-order valence-corrected chi connectivity index (χ3v) is 8.54. The lowest BCUT2D eigenvalue weighted by molar-refractivity contribution is 0.0697.